The van der Waals surface area contributed by atoms with Gasteiger partial charge in [-0.1, -0.05) is 6.42 Å². The van der Waals surface area contributed by atoms with Crippen LogP contribution in [-0.4, -0.2) is 49.5 Å². The van der Waals surface area contributed by atoms with E-state index >= 15 is 0 Å². The second-order valence-electron chi connectivity index (χ2n) is 7.30. The van der Waals surface area contributed by atoms with Crippen molar-refractivity contribution in [2.24, 2.45) is 10.4 Å². The molecule has 1 aromatic heterocycles. The van der Waals surface area contributed by atoms with Crippen LogP contribution in [0.25, 0.3) is 0 Å². The number of hydrogen-bond acceptors (Lipinski definition) is 3. The fourth-order valence-electron chi connectivity index (χ4n) is 3.78. The SMILES string of the molecule is CCNC(=NCCCNC(=O)c1occc1C)N1CCC2(CCC2)C1.I. The molecule has 26 heavy (non-hydrogen) atoms. The van der Waals surface area contributed by atoms with Gasteiger partial charge in [-0.25, -0.2) is 0 Å². The van der Waals surface area contributed by atoms with Crippen LogP contribution in [0.4, 0.5) is 0 Å². The number of aliphatic imine (C=N–C) groups is 1. The number of furan rings is 1. The Balaban J connectivity index is 0.00000243. The molecule has 1 saturated carbocycles. The molecular formula is C19H31IN4O2. The molecule has 2 aliphatic rings. The largest absolute Gasteiger partial charge is 0.459 e. The Morgan fingerprint density at radius 3 is 2.73 bits per heavy atom. The van der Waals surface area contributed by atoms with Gasteiger partial charge in [0.1, 0.15) is 0 Å². The molecule has 3 rings (SSSR count). The van der Waals surface area contributed by atoms with Gasteiger partial charge in [-0.05, 0) is 51.0 Å². The van der Waals surface area contributed by atoms with E-state index in [0.717, 1.165) is 37.6 Å². The summed E-state index contributed by atoms with van der Waals surface area (Å²) in [5, 5.41) is 6.31. The normalized spacial score (nSPS) is 18.4. The molecule has 1 amide bonds. The van der Waals surface area contributed by atoms with Crippen molar-refractivity contribution in [3.63, 3.8) is 0 Å². The predicted molar refractivity (Wildman–Crippen MR) is 114 cm³/mol. The number of amides is 1. The molecule has 0 atom stereocenters. The summed E-state index contributed by atoms with van der Waals surface area (Å²) < 4.78 is 5.20. The van der Waals surface area contributed by atoms with E-state index in [0.29, 0.717) is 24.3 Å². The van der Waals surface area contributed by atoms with Crippen molar-refractivity contribution in [1.82, 2.24) is 15.5 Å². The van der Waals surface area contributed by atoms with Crippen LogP contribution in [0.5, 0.6) is 0 Å². The van der Waals surface area contributed by atoms with Crippen molar-refractivity contribution in [2.75, 3.05) is 32.7 Å². The fourth-order valence-corrected chi connectivity index (χ4v) is 3.78. The standard InChI is InChI=1S/C19H30N4O2.HI/c1-3-20-18(23-12-9-19(14-23)7-4-8-19)22-11-5-10-21-17(24)16-15(2)6-13-25-16;/h6,13H,3-5,7-12,14H2,1-2H3,(H,20,22)(H,21,24);1H. The molecule has 1 saturated heterocycles. The van der Waals surface area contributed by atoms with E-state index in [1.165, 1.54) is 25.7 Å². The Morgan fingerprint density at radius 1 is 1.35 bits per heavy atom. The molecule has 146 valence electrons. The van der Waals surface area contributed by atoms with Gasteiger partial charge >= 0.3 is 0 Å². The molecule has 6 nitrogen and oxygen atoms in total. The van der Waals surface area contributed by atoms with Crippen molar-refractivity contribution < 1.29 is 9.21 Å². The highest BCUT2D eigenvalue weighted by molar-refractivity contribution is 14.0. The highest BCUT2D eigenvalue weighted by atomic mass is 127. The van der Waals surface area contributed by atoms with Crippen LogP contribution in [-0.2, 0) is 0 Å². The molecule has 2 heterocycles. The minimum absolute atomic E-state index is 0. The summed E-state index contributed by atoms with van der Waals surface area (Å²) >= 11 is 0. The summed E-state index contributed by atoms with van der Waals surface area (Å²) in [6, 6.07) is 1.80. The summed E-state index contributed by atoms with van der Waals surface area (Å²) in [6.45, 7) is 8.44. The first-order valence-corrected chi connectivity index (χ1v) is 9.49. The van der Waals surface area contributed by atoms with E-state index in [1.807, 2.05) is 6.92 Å². The number of likely N-dealkylation sites (tertiary alicyclic amines) is 1. The summed E-state index contributed by atoms with van der Waals surface area (Å²) in [5.74, 6) is 1.28. The van der Waals surface area contributed by atoms with Gasteiger partial charge in [-0.15, -0.1) is 24.0 Å². The molecular weight excluding hydrogens is 443 g/mol. The van der Waals surface area contributed by atoms with E-state index in [1.54, 1.807) is 12.3 Å². The second-order valence-corrected chi connectivity index (χ2v) is 7.30. The van der Waals surface area contributed by atoms with Crippen molar-refractivity contribution in [3.05, 3.63) is 23.7 Å². The van der Waals surface area contributed by atoms with E-state index in [4.69, 9.17) is 9.41 Å². The first kappa shape index (κ1) is 21.1. The van der Waals surface area contributed by atoms with E-state index < -0.39 is 0 Å². The Morgan fingerprint density at radius 2 is 2.15 bits per heavy atom. The minimum atomic E-state index is -0.148. The molecule has 1 aromatic rings. The van der Waals surface area contributed by atoms with E-state index in [9.17, 15) is 4.79 Å². The maximum Gasteiger partial charge on any atom is 0.287 e. The number of halogens is 1. The molecule has 1 spiro atoms. The highest BCUT2D eigenvalue weighted by Gasteiger charge is 2.43. The number of rotatable bonds is 6. The Kier molecular flexibility index (Phi) is 7.79. The quantitative estimate of drug-likeness (QED) is 0.288. The van der Waals surface area contributed by atoms with Gasteiger partial charge in [0.2, 0.25) is 0 Å². The number of hydrogen-bond donors (Lipinski definition) is 2. The number of carbonyl (C=O) groups is 1. The summed E-state index contributed by atoms with van der Waals surface area (Å²) in [7, 11) is 0. The van der Waals surface area contributed by atoms with Gasteiger partial charge in [-0.3, -0.25) is 9.79 Å². The summed E-state index contributed by atoms with van der Waals surface area (Å²) in [4.78, 5) is 19.1. The van der Waals surface area contributed by atoms with Crippen LogP contribution in [0.2, 0.25) is 0 Å². The van der Waals surface area contributed by atoms with Crippen molar-refractivity contribution in [2.45, 2.75) is 46.0 Å². The first-order valence-electron chi connectivity index (χ1n) is 9.49. The topological polar surface area (TPSA) is 69.9 Å². The second kappa shape index (κ2) is 9.62. The molecule has 1 aliphatic heterocycles. The van der Waals surface area contributed by atoms with E-state index in [-0.39, 0.29) is 29.9 Å². The van der Waals surface area contributed by atoms with Crippen molar-refractivity contribution in [1.29, 1.82) is 0 Å². The van der Waals surface area contributed by atoms with Crippen molar-refractivity contribution >= 4 is 35.8 Å². The lowest BCUT2D eigenvalue weighted by Crippen LogP contribution is -2.42. The zero-order valence-corrected chi connectivity index (χ0v) is 18.2. The van der Waals surface area contributed by atoms with Gasteiger partial charge < -0.3 is 20.0 Å². The predicted octanol–water partition coefficient (Wildman–Crippen LogP) is 3.17. The zero-order valence-electron chi connectivity index (χ0n) is 15.8. The van der Waals surface area contributed by atoms with Crippen LogP contribution in [0.1, 0.15) is 55.1 Å². The zero-order chi connectivity index (χ0) is 17.7. The molecule has 0 bridgehead atoms. The third kappa shape index (κ3) is 4.92. The monoisotopic (exact) mass is 474 g/mol. The fraction of sp³-hybridized carbons (Fsp3) is 0.684. The molecule has 0 radical (unpaired) electrons. The molecule has 2 N–H and O–H groups in total. The Bertz CT molecular complexity index is 625. The van der Waals surface area contributed by atoms with E-state index in [2.05, 4.69) is 22.5 Å². The Hall–Kier alpha value is -1.25. The van der Waals surface area contributed by atoms with Gasteiger partial charge in [0, 0.05) is 38.3 Å². The Labute approximate surface area is 173 Å². The van der Waals surface area contributed by atoms with Crippen LogP contribution < -0.4 is 10.6 Å². The molecule has 0 unspecified atom stereocenters. The highest BCUT2D eigenvalue weighted by Crippen LogP contribution is 2.47. The van der Waals surface area contributed by atoms with Crippen LogP contribution in [0, 0.1) is 12.3 Å². The number of guanidine groups is 1. The van der Waals surface area contributed by atoms with Gasteiger partial charge in [0.25, 0.3) is 5.91 Å². The average molecular weight is 474 g/mol. The lowest BCUT2D eigenvalue weighted by Gasteiger charge is -2.38. The van der Waals surface area contributed by atoms with Crippen molar-refractivity contribution in [3.8, 4) is 0 Å². The van der Waals surface area contributed by atoms with Gasteiger partial charge in [0.15, 0.2) is 11.7 Å². The average Bonchev–Trinajstić information content (AvgIpc) is 3.19. The van der Waals surface area contributed by atoms with Crippen LogP contribution >= 0.6 is 24.0 Å². The van der Waals surface area contributed by atoms with Gasteiger partial charge in [0.05, 0.1) is 6.26 Å². The summed E-state index contributed by atoms with van der Waals surface area (Å²) in [6.07, 6.45) is 7.80. The third-order valence-corrected chi connectivity index (χ3v) is 5.44. The smallest absolute Gasteiger partial charge is 0.287 e. The first-order chi connectivity index (χ1) is 12.1. The lowest BCUT2D eigenvalue weighted by atomic mass is 9.68. The molecule has 7 heteroatoms. The molecule has 2 fully saturated rings. The minimum Gasteiger partial charge on any atom is -0.459 e. The maximum absolute atomic E-state index is 12.0. The number of aryl methyl sites for hydroxylation is 1. The number of nitrogens with one attached hydrogen (secondary N) is 2. The summed E-state index contributed by atoms with van der Waals surface area (Å²) in [5.41, 5.74) is 1.44. The van der Waals surface area contributed by atoms with Crippen LogP contribution in [0.3, 0.4) is 0 Å². The number of nitrogens with zero attached hydrogens (tertiary/aromatic N) is 2. The lowest BCUT2D eigenvalue weighted by molar-refractivity contribution is 0.0925. The van der Waals surface area contributed by atoms with Crippen LogP contribution in [0.15, 0.2) is 21.7 Å². The third-order valence-electron chi connectivity index (χ3n) is 5.44. The van der Waals surface area contributed by atoms with Gasteiger partial charge in [-0.2, -0.15) is 0 Å². The maximum atomic E-state index is 12.0. The molecule has 0 aromatic carbocycles. The molecule has 1 aliphatic carbocycles. The number of carbonyl (C=O) groups excluding carboxylic acids is 1.